The van der Waals surface area contributed by atoms with E-state index in [0.717, 1.165) is 0 Å². The number of benzene rings is 2. The lowest BCUT2D eigenvalue weighted by Gasteiger charge is -2.35. The maximum atomic E-state index is 14.1. The van der Waals surface area contributed by atoms with E-state index >= 15 is 0 Å². The summed E-state index contributed by atoms with van der Waals surface area (Å²) in [6.45, 7) is 0. The molecule has 12 heteroatoms. The van der Waals surface area contributed by atoms with E-state index in [-0.39, 0.29) is 21.8 Å². The molecule has 2 aliphatic rings. The van der Waals surface area contributed by atoms with Gasteiger partial charge in [-0.3, -0.25) is 9.59 Å². The molecule has 4 rings (SSSR count). The zero-order valence-electron chi connectivity index (χ0n) is 16.4. The van der Waals surface area contributed by atoms with Crippen LogP contribution in [0.5, 0.6) is 0 Å². The summed E-state index contributed by atoms with van der Waals surface area (Å²) in [4.78, 5) is 25.1. The summed E-state index contributed by atoms with van der Waals surface area (Å²) in [7, 11) is 0. The zero-order valence-corrected chi connectivity index (χ0v) is 18.6. The molecule has 0 saturated heterocycles. The highest BCUT2D eigenvalue weighted by molar-refractivity contribution is 6.53. The van der Waals surface area contributed by atoms with Gasteiger partial charge in [-0.05, 0) is 29.8 Å². The molecule has 0 spiro atoms. The monoisotopic (exact) mass is 526 g/mol. The number of hydrogen-bond donors (Lipinski definition) is 2. The molecule has 2 aromatic rings. The number of carbonyl (C=O) groups is 2. The first-order valence-corrected chi connectivity index (χ1v) is 10.7. The molecule has 2 fully saturated rings. The minimum Gasteiger partial charge on any atom is -0.349 e. The smallest absolute Gasteiger partial charge is 0.253 e. The Morgan fingerprint density at radius 3 is 2.24 bits per heavy atom. The second-order valence-electron chi connectivity index (χ2n) is 8.04. The first-order valence-electron chi connectivity index (χ1n) is 9.61. The van der Waals surface area contributed by atoms with Crippen LogP contribution in [0, 0.1) is 23.4 Å². The minimum absolute atomic E-state index is 0.0220. The van der Waals surface area contributed by atoms with Gasteiger partial charge in [0.2, 0.25) is 5.91 Å². The largest absolute Gasteiger partial charge is 0.349 e. The molecule has 2 saturated carbocycles. The van der Waals surface area contributed by atoms with E-state index in [2.05, 4.69) is 10.6 Å². The van der Waals surface area contributed by atoms with Gasteiger partial charge >= 0.3 is 0 Å². The molecular formula is C21H14Cl3F5N2O2. The van der Waals surface area contributed by atoms with Gasteiger partial charge in [-0.2, -0.15) is 0 Å². The van der Waals surface area contributed by atoms with Crippen molar-refractivity contribution in [3.05, 3.63) is 63.9 Å². The lowest BCUT2D eigenvalue weighted by molar-refractivity contribution is -0.117. The quantitative estimate of drug-likeness (QED) is 0.293. The molecule has 2 atom stereocenters. The zero-order chi connectivity index (χ0) is 24.3. The molecule has 33 heavy (non-hydrogen) atoms. The van der Waals surface area contributed by atoms with Crippen molar-refractivity contribution < 1.29 is 31.5 Å². The predicted octanol–water partition coefficient (Wildman–Crippen LogP) is 5.81. The first-order chi connectivity index (χ1) is 15.3. The van der Waals surface area contributed by atoms with Gasteiger partial charge in [-0.15, -0.1) is 23.2 Å². The minimum atomic E-state index is -2.82. The average molecular weight is 528 g/mol. The fraction of sp³-hybridized carbons (Fsp3) is 0.333. The van der Waals surface area contributed by atoms with Gasteiger partial charge in [0.1, 0.15) is 10.2 Å². The summed E-state index contributed by atoms with van der Waals surface area (Å²) in [5.41, 5.74) is -0.312. The average Bonchev–Trinajstić information content (AvgIpc) is 3.26. The van der Waals surface area contributed by atoms with Gasteiger partial charge in [-0.25, -0.2) is 22.0 Å². The van der Waals surface area contributed by atoms with Crippen LogP contribution < -0.4 is 10.6 Å². The fourth-order valence-corrected chi connectivity index (χ4v) is 4.85. The summed E-state index contributed by atoms with van der Waals surface area (Å²) >= 11 is 18.3. The van der Waals surface area contributed by atoms with Crippen LogP contribution in [-0.2, 0) is 4.79 Å². The maximum Gasteiger partial charge on any atom is 0.253 e. The Labute approximate surface area is 199 Å². The summed E-state index contributed by atoms with van der Waals surface area (Å²) in [6, 6.07) is 4.14. The fourth-order valence-electron chi connectivity index (χ4n) is 3.84. The highest BCUT2D eigenvalue weighted by Gasteiger charge is 2.68. The Kier molecular flexibility index (Phi) is 6.04. The van der Waals surface area contributed by atoms with Crippen molar-refractivity contribution in [3.63, 3.8) is 0 Å². The molecule has 0 radical (unpaired) electrons. The van der Waals surface area contributed by atoms with E-state index in [9.17, 15) is 31.5 Å². The van der Waals surface area contributed by atoms with Crippen molar-refractivity contribution in [1.82, 2.24) is 5.32 Å². The van der Waals surface area contributed by atoms with Gasteiger partial charge in [-0.1, -0.05) is 11.6 Å². The molecule has 176 valence electrons. The number of hydrogen-bond acceptors (Lipinski definition) is 2. The predicted molar refractivity (Wildman–Crippen MR) is 113 cm³/mol. The van der Waals surface area contributed by atoms with Gasteiger partial charge in [0, 0.05) is 36.6 Å². The molecule has 0 bridgehead atoms. The van der Waals surface area contributed by atoms with Crippen LogP contribution in [0.3, 0.4) is 0 Å². The van der Waals surface area contributed by atoms with Gasteiger partial charge < -0.3 is 10.6 Å². The highest BCUT2D eigenvalue weighted by Crippen LogP contribution is 2.65. The van der Waals surface area contributed by atoms with Crippen LogP contribution in [0.2, 0.25) is 5.02 Å². The first kappa shape index (κ1) is 24.0. The van der Waals surface area contributed by atoms with E-state index in [0.29, 0.717) is 12.1 Å². The number of nitrogens with one attached hydrogen (secondary N) is 2. The third-order valence-electron chi connectivity index (χ3n) is 5.61. The molecule has 0 heterocycles. The van der Waals surface area contributed by atoms with Crippen LogP contribution in [0.4, 0.5) is 27.6 Å². The molecule has 2 N–H and O–H groups in total. The second kappa shape index (κ2) is 8.29. The van der Waals surface area contributed by atoms with Crippen molar-refractivity contribution in [2.24, 2.45) is 5.92 Å². The lowest BCUT2D eigenvalue weighted by atomic mass is 9.88. The van der Waals surface area contributed by atoms with Gasteiger partial charge in [0.15, 0.2) is 11.6 Å². The van der Waals surface area contributed by atoms with E-state index in [1.807, 2.05) is 0 Å². The molecule has 4 nitrogen and oxygen atoms in total. The topological polar surface area (TPSA) is 58.2 Å². The Morgan fingerprint density at radius 2 is 1.61 bits per heavy atom. The SMILES string of the molecule is O=C(NC1CC(F)(F)C1)c1cc(NC(=O)[C@H]2[C@H](c3cc(F)c(F)cc3F)C2(Cl)Cl)ccc1Cl. The molecule has 0 aliphatic heterocycles. The number of halogens is 8. The van der Waals surface area contributed by atoms with Crippen molar-refractivity contribution >= 4 is 52.3 Å². The standard InChI is InChI=1S/C21H14Cl3F5N2O2/c22-12-2-1-8(3-10(12)18(32)31-9-6-20(28,29)7-9)30-19(33)17-16(21(17,23)24)11-4-14(26)15(27)5-13(11)25/h1-5,9,16-17H,6-7H2,(H,30,33)(H,31,32)/t16-,17+/m0/s1. The molecule has 2 aromatic carbocycles. The number of carbonyl (C=O) groups excluding carboxylic acids is 2. The number of rotatable bonds is 5. The molecule has 0 unspecified atom stereocenters. The normalized spacial score (nSPS) is 22.9. The number of anilines is 1. The summed E-state index contributed by atoms with van der Waals surface area (Å²) in [5, 5.41) is 4.92. The van der Waals surface area contributed by atoms with E-state index in [1.54, 1.807) is 0 Å². The lowest BCUT2D eigenvalue weighted by Crippen LogP contribution is -2.50. The maximum absolute atomic E-state index is 14.1. The molecular weight excluding hydrogens is 514 g/mol. The van der Waals surface area contributed by atoms with Crippen LogP contribution in [0.1, 0.15) is 34.7 Å². The summed E-state index contributed by atoms with van der Waals surface area (Å²) < 4.78 is 65.1. The van der Waals surface area contributed by atoms with Crippen molar-refractivity contribution in [1.29, 1.82) is 0 Å². The van der Waals surface area contributed by atoms with Crippen molar-refractivity contribution in [3.8, 4) is 0 Å². The third-order valence-corrected chi connectivity index (χ3v) is 6.88. The Bertz CT molecular complexity index is 1150. The highest BCUT2D eigenvalue weighted by atomic mass is 35.5. The summed E-state index contributed by atoms with van der Waals surface area (Å²) in [6.07, 6.45) is -0.964. The number of amides is 2. The van der Waals surface area contributed by atoms with Crippen LogP contribution in [-0.4, -0.2) is 28.1 Å². The Hall–Kier alpha value is -2.10. The number of alkyl halides is 4. The van der Waals surface area contributed by atoms with Crippen LogP contribution in [0.15, 0.2) is 30.3 Å². The molecule has 0 aromatic heterocycles. The molecule has 2 aliphatic carbocycles. The van der Waals surface area contributed by atoms with Gasteiger partial charge in [0.05, 0.1) is 16.5 Å². The van der Waals surface area contributed by atoms with Crippen molar-refractivity contribution in [2.75, 3.05) is 5.32 Å². The molecule has 2 amide bonds. The summed E-state index contributed by atoms with van der Waals surface area (Å²) in [5.74, 6) is -10.5. The Morgan fingerprint density at radius 1 is 0.970 bits per heavy atom. The second-order valence-corrected chi connectivity index (χ2v) is 9.89. The van der Waals surface area contributed by atoms with Crippen LogP contribution in [0.25, 0.3) is 0 Å². The van der Waals surface area contributed by atoms with E-state index in [4.69, 9.17) is 34.8 Å². The van der Waals surface area contributed by atoms with E-state index < -0.39 is 70.2 Å². The third kappa shape index (κ3) is 4.63. The van der Waals surface area contributed by atoms with E-state index in [1.165, 1.54) is 18.2 Å². The Balaban J connectivity index is 1.48. The van der Waals surface area contributed by atoms with Gasteiger partial charge in [0.25, 0.3) is 11.8 Å². The van der Waals surface area contributed by atoms with Crippen LogP contribution >= 0.6 is 34.8 Å². The van der Waals surface area contributed by atoms with Crippen molar-refractivity contribution in [2.45, 2.75) is 35.1 Å².